The third-order valence-corrected chi connectivity index (χ3v) is 5.88. The first-order valence-corrected chi connectivity index (χ1v) is 9.69. The van der Waals surface area contributed by atoms with Crippen molar-refractivity contribution < 1.29 is 9.53 Å². The molecule has 4 heterocycles. The summed E-state index contributed by atoms with van der Waals surface area (Å²) < 4.78 is 6.06. The van der Waals surface area contributed by atoms with Crippen molar-refractivity contribution in [2.45, 2.75) is 19.1 Å². The average molecular weight is 357 g/mol. The van der Waals surface area contributed by atoms with E-state index in [0.717, 1.165) is 44.2 Å². The normalized spacial score (nSPS) is 24.1. The topological polar surface area (TPSA) is 45.7 Å². The van der Waals surface area contributed by atoms with Gasteiger partial charge in [0.15, 0.2) is 0 Å². The summed E-state index contributed by atoms with van der Waals surface area (Å²) in [7, 11) is 0. The molecular formula is C19H23N3O2S. The van der Waals surface area contributed by atoms with Crippen molar-refractivity contribution in [3.8, 4) is 0 Å². The Morgan fingerprint density at radius 1 is 1.28 bits per heavy atom. The van der Waals surface area contributed by atoms with Gasteiger partial charge in [0.25, 0.3) is 0 Å². The number of likely N-dealkylation sites (tertiary alicyclic amines) is 1. The molecule has 0 aliphatic carbocycles. The van der Waals surface area contributed by atoms with Gasteiger partial charge in [-0.25, -0.2) is 0 Å². The van der Waals surface area contributed by atoms with E-state index in [9.17, 15) is 4.79 Å². The predicted molar refractivity (Wildman–Crippen MR) is 97.3 cm³/mol. The summed E-state index contributed by atoms with van der Waals surface area (Å²) in [6.07, 6.45) is 4.41. The van der Waals surface area contributed by atoms with Crippen molar-refractivity contribution in [2.75, 3.05) is 32.8 Å². The molecule has 2 atom stereocenters. The second-order valence-electron chi connectivity index (χ2n) is 6.82. The number of hydrogen-bond donors (Lipinski definition) is 0. The van der Waals surface area contributed by atoms with Crippen LogP contribution in [0.2, 0.25) is 0 Å². The zero-order chi connectivity index (χ0) is 17.1. The van der Waals surface area contributed by atoms with Gasteiger partial charge in [0.2, 0.25) is 5.91 Å². The fourth-order valence-electron chi connectivity index (χ4n) is 3.73. The molecular weight excluding hydrogens is 334 g/mol. The molecule has 0 unspecified atom stereocenters. The minimum atomic E-state index is 0.172. The summed E-state index contributed by atoms with van der Waals surface area (Å²) in [5.74, 6) is 0.615. The Kier molecular flexibility index (Phi) is 5.10. The van der Waals surface area contributed by atoms with Gasteiger partial charge in [-0.05, 0) is 23.1 Å². The second-order valence-corrected chi connectivity index (χ2v) is 7.85. The molecule has 0 N–H and O–H groups in total. The van der Waals surface area contributed by atoms with Gasteiger partial charge in [0, 0.05) is 55.9 Å². The van der Waals surface area contributed by atoms with Gasteiger partial charge < -0.3 is 9.64 Å². The van der Waals surface area contributed by atoms with E-state index in [2.05, 4.69) is 16.0 Å². The molecule has 0 saturated carbocycles. The maximum Gasteiger partial charge on any atom is 0.227 e. The van der Waals surface area contributed by atoms with Crippen molar-refractivity contribution in [3.63, 3.8) is 0 Å². The van der Waals surface area contributed by atoms with E-state index in [1.54, 1.807) is 17.5 Å². The van der Waals surface area contributed by atoms with Gasteiger partial charge in [-0.1, -0.05) is 12.1 Å². The highest BCUT2D eigenvalue weighted by Crippen LogP contribution is 2.25. The number of aromatic nitrogens is 1. The monoisotopic (exact) mass is 357 g/mol. The molecule has 132 valence electrons. The number of nitrogens with zero attached hydrogens (tertiary/aromatic N) is 3. The third-order valence-electron chi connectivity index (χ3n) is 5.00. The molecule has 2 saturated heterocycles. The third kappa shape index (κ3) is 4.08. The summed E-state index contributed by atoms with van der Waals surface area (Å²) in [6.45, 7) is 5.07. The van der Waals surface area contributed by atoms with Crippen LogP contribution in [0.25, 0.3) is 0 Å². The van der Waals surface area contributed by atoms with E-state index >= 15 is 0 Å². The van der Waals surface area contributed by atoms with Crippen LogP contribution in [0.15, 0.2) is 42.0 Å². The zero-order valence-electron chi connectivity index (χ0n) is 14.2. The second kappa shape index (κ2) is 7.64. The van der Waals surface area contributed by atoms with Gasteiger partial charge in [0.1, 0.15) is 0 Å². The van der Waals surface area contributed by atoms with Crippen molar-refractivity contribution >= 4 is 17.2 Å². The lowest BCUT2D eigenvalue weighted by atomic mass is 10.1. The minimum Gasteiger partial charge on any atom is -0.375 e. The molecule has 2 aliphatic rings. The standard InChI is InChI=1S/C19H23N3O2S/c23-19(9-17-4-2-8-25-17)22-13-16-12-21(6-7-24-18(16)14-22)11-15-3-1-5-20-10-15/h1-5,8,10,16,18H,6-7,9,11-14H2/t16-,18+/m1/s1. The lowest BCUT2D eigenvalue weighted by Crippen LogP contribution is -2.34. The molecule has 0 aromatic carbocycles. The summed E-state index contributed by atoms with van der Waals surface area (Å²) >= 11 is 1.65. The number of fused-ring (bicyclic) bond motifs is 1. The van der Waals surface area contributed by atoms with Gasteiger partial charge in [-0.15, -0.1) is 11.3 Å². The number of thiophene rings is 1. The largest absolute Gasteiger partial charge is 0.375 e. The van der Waals surface area contributed by atoms with Crippen molar-refractivity contribution in [2.24, 2.45) is 5.92 Å². The molecule has 1 amide bonds. The summed E-state index contributed by atoms with van der Waals surface area (Å²) in [4.78, 5) is 22.3. The highest BCUT2D eigenvalue weighted by molar-refractivity contribution is 7.10. The minimum absolute atomic E-state index is 0.172. The maximum absolute atomic E-state index is 12.6. The fourth-order valence-corrected chi connectivity index (χ4v) is 4.43. The van der Waals surface area contributed by atoms with Crippen LogP contribution < -0.4 is 0 Å². The van der Waals surface area contributed by atoms with Crippen molar-refractivity contribution in [1.29, 1.82) is 0 Å². The number of carbonyl (C=O) groups excluding carboxylic acids is 1. The lowest BCUT2D eigenvalue weighted by molar-refractivity contribution is -0.130. The van der Waals surface area contributed by atoms with E-state index in [0.29, 0.717) is 12.3 Å². The number of pyridine rings is 1. The maximum atomic E-state index is 12.6. The predicted octanol–water partition coefficient (Wildman–Crippen LogP) is 2.04. The molecule has 2 aromatic rings. The SMILES string of the molecule is O=C(Cc1cccs1)N1C[C@H]2CN(Cc3cccnc3)CCO[C@H]2C1. The quantitative estimate of drug-likeness (QED) is 0.840. The number of amides is 1. The van der Waals surface area contributed by atoms with Gasteiger partial charge in [-0.2, -0.15) is 0 Å². The molecule has 4 rings (SSSR count). The number of carbonyl (C=O) groups is 1. The van der Waals surface area contributed by atoms with E-state index in [-0.39, 0.29) is 12.0 Å². The molecule has 0 bridgehead atoms. The molecule has 2 aromatic heterocycles. The van der Waals surface area contributed by atoms with Crippen LogP contribution in [-0.2, 0) is 22.5 Å². The first-order chi connectivity index (χ1) is 12.3. The average Bonchev–Trinajstić information content (AvgIpc) is 3.23. The number of ether oxygens (including phenoxy) is 1. The molecule has 6 heteroatoms. The Hall–Kier alpha value is -1.76. The Balaban J connectivity index is 1.36. The van der Waals surface area contributed by atoms with Crippen LogP contribution in [0, 0.1) is 5.92 Å². The van der Waals surface area contributed by atoms with Crippen LogP contribution in [0.1, 0.15) is 10.4 Å². The Bertz CT molecular complexity index is 692. The summed E-state index contributed by atoms with van der Waals surface area (Å²) in [5.41, 5.74) is 1.23. The van der Waals surface area contributed by atoms with E-state index in [1.165, 1.54) is 5.56 Å². The summed E-state index contributed by atoms with van der Waals surface area (Å²) in [6, 6.07) is 8.12. The summed E-state index contributed by atoms with van der Waals surface area (Å²) in [5, 5.41) is 2.02. The Morgan fingerprint density at radius 3 is 3.04 bits per heavy atom. The highest BCUT2D eigenvalue weighted by atomic mass is 32.1. The number of hydrogen-bond acceptors (Lipinski definition) is 5. The first-order valence-electron chi connectivity index (χ1n) is 8.81. The first kappa shape index (κ1) is 16.7. The Morgan fingerprint density at radius 2 is 2.24 bits per heavy atom. The molecule has 2 aliphatic heterocycles. The molecule has 2 fully saturated rings. The zero-order valence-corrected chi connectivity index (χ0v) is 15.0. The smallest absolute Gasteiger partial charge is 0.227 e. The van der Waals surface area contributed by atoms with Crippen LogP contribution in [0.5, 0.6) is 0 Å². The molecule has 25 heavy (non-hydrogen) atoms. The number of rotatable bonds is 4. The Labute approximate surface area is 152 Å². The van der Waals surface area contributed by atoms with Gasteiger partial charge in [-0.3, -0.25) is 14.7 Å². The lowest BCUT2D eigenvalue weighted by Gasteiger charge is -2.23. The molecule has 0 spiro atoms. The van der Waals surface area contributed by atoms with Crippen molar-refractivity contribution in [3.05, 3.63) is 52.5 Å². The molecule has 0 radical (unpaired) electrons. The van der Waals surface area contributed by atoms with Crippen LogP contribution in [0.3, 0.4) is 0 Å². The highest BCUT2D eigenvalue weighted by Gasteiger charge is 2.38. The molecule has 5 nitrogen and oxygen atoms in total. The van der Waals surface area contributed by atoms with E-state index in [4.69, 9.17) is 4.74 Å². The van der Waals surface area contributed by atoms with E-state index in [1.807, 2.05) is 34.7 Å². The van der Waals surface area contributed by atoms with Crippen LogP contribution in [-0.4, -0.2) is 59.6 Å². The van der Waals surface area contributed by atoms with Gasteiger partial charge in [0.05, 0.1) is 19.1 Å². The van der Waals surface area contributed by atoms with Crippen LogP contribution >= 0.6 is 11.3 Å². The van der Waals surface area contributed by atoms with Crippen molar-refractivity contribution in [1.82, 2.24) is 14.8 Å². The van der Waals surface area contributed by atoms with Gasteiger partial charge >= 0.3 is 0 Å². The van der Waals surface area contributed by atoms with E-state index < -0.39 is 0 Å². The van der Waals surface area contributed by atoms with Crippen LogP contribution in [0.4, 0.5) is 0 Å². The fraction of sp³-hybridized carbons (Fsp3) is 0.474.